The summed E-state index contributed by atoms with van der Waals surface area (Å²) in [7, 11) is 0. The van der Waals surface area contributed by atoms with Gasteiger partial charge < -0.3 is 9.64 Å². The van der Waals surface area contributed by atoms with Gasteiger partial charge in [0.05, 0.1) is 11.4 Å². The molecule has 9 rings (SSSR count). The molecule has 0 bridgehead atoms. The molecule has 0 fully saturated rings. The molecule has 1 aromatic heterocycles. The van der Waals surface area contributed by atoms with Crippen molar-refractivity contribution in [3.63, 3.8) is 0 Å². The summed E-state index contributed by atoms with van der Waals surface area (Å²) in [6.45, 7) is 3.76. The van der Waals surface area contributed by atoms with E-state index >= 15 is 0 Å². The Morgan fingerprint density at radius 1 is 0.854 bits per heavy atom. The maximum Gasteiger partial charge on any atom is 0.148 e. The van der Waals surface area contributed by atoms with Crippen LogP contribution in [0.2, 0.25) is 0 Å². The van der Waals surface area contributed by atoms with Gasteiger partial charge in [-0.2, -0.15) is 0 Å². The quantitative estimate of drug-likeness (QED) is 0.165. The molecule has 2 heterocycles. The van der Waals surface area contributed by atoms with Gasteiger partial charge in [0, 0.05) is 48.5 Å². The van der Waals surface area contributed by atoms with E-state index in [1.807, 2.05) is 23.5 Å². The predicted molar refractivity (Wildman–Crippen MR) is 205 cm³/mol. The Morgan fingerprint density at radius 3 is 2.62 bits per heavy atom. The molecule has 0 radical (unpaired) electrons. The maximum atomic E-state index is 6.79. The van der Waals surface area contributed by atoms with Crippen LogP contribution in [0.15, 0.2) is 158 Å². The second-order valence-electron chi connectivity index (χ2n) is 12.8. The first-order valence-corrected chi connectivity index (χ1v) is 17.6. The number of thiophene rings is 1. The Kier molecular flexibility index (Phi) is 7.21. The van der Waals surface area contributed by atoms with Gasteiger partial charge in [0.15, 0.2) is 0 Å². The van der Waals surface area contributed by atoms with Gasteiger partial charge in [-0.05, 0) is 65.6 Å². The molecular formula is C45H35NOS. The summed E-state index contributed by atoms with van der Waals surface area (Å²) in [5.41, 5.74) is 7.26. The van der Waals surface area contributed by atoms with Gasteiger partial charge in [-0.15, -0.1) is 11.3 Å². The molecular weight excluding hydrogens is 603 g/mol. The summed E-state index contributed by atoms with van der Waals surface area (Å²) in [6.07, 6.45) is 32.3. The molecule has 5 aromatic rings. The number of benzene rings is 4. The van der Waals surface area contributed by atoms with Crippen molar-refractivity contribution >= 4 is 61.4 Å². The molecule has 232 valence electrons. The molecule has 2 nitrogen and oxygen atoms in total. The number of allylic oxidation sites excluding steroid dienone is 11. The van der Waals surface area contributed by atoms with Gasteiger partial charge in [0.2, 0.25) is 0 Å². The molecule has 3 aliphatic carbocycles. The summed E-state index contributed by atoms with van der Waals surface area (Å²) in [5.74, 6) is 1.61. The van der Waals surface area contributed by atoms with Crippen LogP contribution in [0, 0.1) is 5.92 Å². The molecule has 4 aromatic carbocycles. The molecule has 48 heavy (non-hydrogen) atoms. The Hall–Kier alpha value is -5.38. The van der Waals surface area contributed by atoms with Crippen LogP contribution in [0.25, 0.3) is 33.0 Å². The fourth-order valence-electron chi connectivity index (χ4n) is 7.58. The van der Waals surface area contributed by atoms with Gasteiger partial charge in [-0.3, -0.25) is 0 Å². The van der Waals surface area contributed by atoms with Crippen molar-refractivity contribution in [3.05, 3.63) is 179 Å². The highest BCUT2D eigenvalue weighted by Crippen LogP contribution is 2.51. The number of anilines is 3. The number of nitrogens with zero attached hydrogens (tertiary/aromatic N) is 1. The number of ether oxygens (including phenoxy) is 1. The minimum Gasteiger partial charge on any atom is -0.483 e. The van der Waals surface area contributed by atoms with Crippen molar-refractivity contribution in [2.45, 2.75) is 24.9 Å². The summed E-state index contributed by atoms with van der Waals surface area (Å²) >= 11 is 1.92. The molecule has 0 spiro atoms. The van der Waals surface area contributed by atoms with E-state index in [-0.39, 0.29) is 12.0 Å². The lowest BCUT2D eigenvalue weighted by atomic mass is 9.87. The van der Waals surface area contributed by atoms with Crippen molar-refractivity contribution in [2.75, 3.05) is 4.90 Å². The normalized spacial score (nSPS) is 20.2. The fourth-order valence-corrected chi connectivity index (χ4v) is 8.85. The first kappa shape index (κ1) is 28.8. The van der Waals surface area contributed by atoms with Gasteiger partial charge in [-0.25, -0.2) is 0 Å². The van der Waals surface area contributed by atoms with Crippen molar-refractivity contribution < 1.29 is 4.74 Å². The van der Waals surface area contributed by atoms with E-state index in [0.29, 0.717) is 5.92 Å². The number of fused-ring (bicyclic) bond motifs is 9. The Balaban J connectivity index is 1.26. The third-order valence-corrected chi connectivity index (χ3v) is 11.1. The highest BCUT2D eigenvalue weighted by atomic mass is 32.1. The Labute approximate surface area is 285 Å². The van der Waals surface area contributed by atoms with Gasteiger partial charge in [0.25, 0.3) is 0 Å². The van der Waals surface area contributed by atoms with Crippen molar-refractivity contribution in [1.29, 1.82) is 0 Å². The average Bonchev–Trinajstić information content (AvgIpc) is 3.70. The van der Waals surface area contributed by atoms with E-state index in [2.05, 4.69) is 151 Å². The fraction of sp³-hybridized carbons (Fsp3) is 0.111. The van der Waals surface area contributed by atoms with E-state index < -0.39 is 0 Å². The molecule has 3 atom stereocenters. The van der Waals surface area contributed by atoms with Crippen LogP contribution in [0.4, 0.5) is 17.1 Å². The van der Waals surface area contributed by atoms with Gasteiger partial charge in [-0.1, -0.05) is 128 Å². The molecule has 3 heteroatoms. The van der Waals surface area contributed by atoms with Gasteiger partial charge >= 0.3 is 0 Å². The SMILES string of the molecule is C=C/C=C\C=C/Cc1ccc(N(c2cccc3c2OC2C=CC=CC32)c2cc3c4c(sc3c3ccccc23)=CC2=CC=CCC2C=4)cc1. The molecule has 0 saturated heterocycles. The highest BCUT2D eigenvalue weighted by Gasteiger charge is 2.35. The summed E-state index contributed by atoms with van der Waals surface area (Å²) < 4.78 is 9.49. The molecule has 0 amide bonds. The monoisotopic (exact) mass is 637 g/mol. The van der Waals surface area contributed by atoms with E-state index in [4.69, 9.17) is 4.74 Å². The Morgan fingerprint density at radius 2 is 1.73 bits per heavy atom. The second-order valence-corrected chi connectivity index (χ2v) is 13.8. The zero-order chi connectivity index (χ0) is 32.0. The second kappa shape index (κ2) is 12.0. The predicted octanol–water partition coefficient (Wildman–Crippen LogP) is 10.4. The van der Waals surface area contributed by atoms with E-state index in [0.717, 1.165) is 35.7 Å². The first-order chi connectivity index (χ1) is 23.8. The third kappa shape index (κ3) is 4.85. The lowest BCUT2D eigenvalue weighted by molar-refractivity contribution is 0.269. The van der Waals surface area contributed by atoms with Crippen molar-refractivity contribution in [2.24, 2.45) is 5.92 Å². The average molecular weight is 638 g/mol. The first-order valence-electron chi connectivity index (χ1n) is 16.8. The topological polar surface area (TPSA) is 12.5 Å². The van der Waals surface area contributed by atoms with Crippen LogP contribution in [0.5, 0.6) is 5.75 Å². The molecule has 1 aliphatic heterocycles. The van der Waals surface area contributed by atoms with Crippen LogP contribution in [-0.4, -0.2) is 6.10 Å². The molecule has 0 N–H and O–H groups in total. The summed E-state index contributed by atoms with van der Waals surface area (Å²) in [5, 5.41) is 5.20. The minimum absolute atomic E-state index is 0.0114. The van der Waals surface area contributed by atoms with Crippen LogP contribution >= 0.6 is 11.3 Å². The standard InChI is InChI=1S/C45H35NOS/c1-2-3-4-5-6-14-30-23-25-33(26-24-30)46(40-21-13-20-36-35-18-11-12-22-42(35)47-44(36)40)41-29-39-38-27-31-15-7-8-16-32(31)28-43(38)48-45(39)37-19-10-9-17-34(37)41/h2-13,16-29,31,35,42H,1,14-15H2/b4-3-,6-5-. The van der Waals surface area contributed by atoms with Gasteiger partial charge in [0.1, 0.15) is 11.9 Å². The van der Waals surface area contributed by atoms with E-state index in [9.17, 15) is 0 Å². The number of hydrogen-bond donors (Lipinski definition) is 0. The molecule has 0 saturated carbocycles. The lowest BCUT2D eigenvalue weighted by Crippen LogP contribution is -2.26. The smallest absolute Gasteiger partial charge is 0.148 e. The highest BCUT2D eigenvalue weighted by molar-refractivity contribution is 7.18. The molecule has 4 aliphatic rings. The number of para-hydroxylation sites is 1. The largest absolute Gasteiger partial charge is 0.483 e. The number of rotatable bonds is 7. The number of hydrogen-bond acceptors (Lipinski definition) is 3. The van der Waals surface area contributed by atoms with Crippen molar-refractivity contribution in [3.8, 4) is 5.75 Å². The minimum atomic E-state index is 0.0114. The van der Waals surface area contributed by atoms with Crippen LogP contribution in [0.1, 0.15) is 23.5 Å². The van der Waals surface area contributed by atoms with E-state index in [1.165, 1.54) is 47.3 Å². The summed E-state index contributed by atoms with van der Waals surface area (Å²) in [4.78, 5) is 2.43. The zero-order valence-electron chi connectivity index (χ0n) is 26.6. The van der Waals surface area contributed by atoms with E-state index in [1.54, 1.807) is 6.08 Å². The summed E-state index contributed by atoms with van der Waals surface area (Å²) in [6, 6.07) is 27.0. The van der Waals surface area contributed by atoms with Crippen molar-refractivity contribution in [1.82, 2.24) is 0 Å². The lowest BCUT2D eigenvalue weighted by Gasteiger charge is -2.29. The van der Waals surface area contributed by atoms with Crippen LogP contribution in [0.3, 0.4) is 0 Å². The molecule has 3 unspecified atom stereocenters. The Bertz CT molecular complexity index is 2410. The maximum absolute atomic E-state index is 6.79. The zero-order valence-corrected chi connectivity index (χ0v) is 27.4. The van der Waals surface area contributed by atoms with Crippen LogP contribution in [-0.2, 0) is 6.42 Å². The third-order valence-electron chi connectivity index (χ3n) is 9.90. The van der Waals surface area contributed by atoms with Crippen LogP contribution < -0.4 is 19.4 Å².